The summed E-state index contributed by atoms with van der Waals surface area (Å²) in [5.74, 6) is 1.76. The Morgan fingerprint density at radius 2 is 1.71 bits per heavy atom. The summed E-state index contributed by atoms with van der Waals surface area (Å²) >= 11 is 0. The van der Waals surface area contributed by atoms with Crippen LogP contribution in [0, 0.1) is 0 Å². The topological polar surface area (TPSA) is 94.2 Å². The number of para-hydroxylation sites is 2. The number of rotatable bonds is 13. The number of sulfonamides is 1. The molecule has 170 valence electrons. The summed E-state index contributed by atoms with van der Waals surface area (Å²) in [5, 5.41) is 2.78. The lowest BCUT2D eigenvalue weighted by Gasteiger charge is -2.24. The van der Waals surface area contributed by atoms with Crippen LogP contribution in [0.4, 0.5) is 5.69 Å². The second-order valence-electron chi connectivity index (χ2n) is 6.71. The van der Waals surface area contributed by atoms with Crippen molar-refractivity contribution in [3.63, 3.8) is 0 Å². The van der Waals surface area contributed by atoms with Gasteiger partial charge in [0.15, 0.2) is 0 Å². The number of anilines is 1. The molecule has 0 saturated heterocycles. The molecule has 2 aromatic carbocycles. The van der Waals surface area contributed by atoms with Crippen molar-refractivity contribution >= 4 is 21.6 Å². The van der Waals surface area contributed by atoms with Gasteiger partial charge < -0.3 is 19.5 Å². The number of ether oxygens (including phenoxy) is 3. The number of benzene rings is 2. The molecule has 0 heterocycles. The third kappa shape index (κ3) is 8.01. The van der Waals surface area contributed by atoms with E-state index in [4.69, 9.17) is 14.2 Å². The van der Waals surface area contributed by atoms with Gasteiger partial charge in [0.05, 0.1) is 32.2 Å². The number of nitrogens with zero attached hydrogens (tertiary/aromatic N) is 1. The third-order valence-electron chi connectivity index (χ3n) is 4.35. The number of carbonyl (C=O) groups is 1. The molecule has 0 aliphatic rings. The van der Waals surface area contributed by atoms with Crippen LogP contribution in [0.1, 0.15) is 19.8 Å². The highest BCUT2D eigenvalue weighted by Crippen LogP contribution is 2.30. The molecule has 31 heavy (non-hydrogen) atoms. The molecule has 0 bridgehead atoms. The van der Waals surface area contributed by atoms with Gasteiger partial charge in [0.1, 0.15) is 23.9 Å². The first-order valence-corrected chi connectivity index (χ1v) is 11.9. The zero-order valence-electron chi connectivity index (χ0n) is 18.2. The second-order valence-corrected chi connectivity index (χ2v) is 8.62. The monoisotopic (exact) mass is 450 g/mol. The van der Waals surface area contributed by atoms with Crippen LogP contribution in [-0.4, -0.2) is 54.0 Å². The molecule has 0 unspecified atom stereocenters. The Labute approximate surface area is 184 Å². The Morgan fingerprint density at radius 3 is 2.35 bits per heavy atom. The molecule has 2 aromatic rings. The van der Waals surface area contributed by atoms with Crippen LogP contribution < -0.4 is 23.8 Å². The van der Waals surface area contributed by atoms with E-state index in [0.29, 0.717) is 43.4 Å². The first-order chi connectivity index (χ1) is 14.8. The fraction of sp³-hybridized carbons (Fsp3) is 0.409. The molecule has 0 aliphatic carbocycles. The molecule has 0 fully saturated rings. The molecular formula is C22H30N2O6S. The van der Waals surface area contributed by atoms with Crippen LogP contribution in [-0.2, 0) is 14.8 Å². The van der Waals surface area contributed by atoms with Crippen LogP contribution in [0.5, 0.6) is 17.2 Å². The quantitative estimate of drug-likeness (QED) is 0.472. The Morgan fingerprint density at radius 1 is 1.03 bits per heavy atom. The molecule has 9 heteroatoms. The number of hydrogen-bond donors (Lipinski definition) is 1. The predicted octanol–water partition coefficient (Wildman–Crippen LogP) is 2.84. The van der Waals surface area contributed by atoms with Gasteiger partial charge >= 0.3 is 0 Å². The van der Waals surface area contributed by atoms with Gasteiger partial charge in [-0.05, 0) is 49.7 Å². The van der Waals surface area contributed by atoms with Gasteiger partial charge in [0.2, 0.25) is 15.9 Å². The highest BCUT2D eigenvalue weighted by Gasteiger charge is 2.21. The summed E-state index contributed by atoms with van der Waals surface area (Å²) in [7, 11) is -1.93. The van der Waals surface area contributed by atoms with E-state index in [1.165, 1.54) is 4.31 Å². The normalized spacial score (nSPS) is 10.9. The summed E-state index contributed by atoms with van der Waals surface area (Å²) in [6.45, 7) is 3.13. The Kier molecular flexibility index (Phi) is 9.45. The van der Waals surface area contributed by atoms with Gasteiger partial charge in [-0.25, -0.2) is 8.42 Å². The number of nitrogens with one attached hydrogen (secondary N) is 1. The molecule has 0 radical (unpaired) electrons. The molecule has 2 rings (SSSR count). The summed E-state index contributed by atoms with van der Waals surface area (Å²) in [6.07, 6.45) is 1.72. The Balaban J connectivity index is 1.79. The first-order valence-electron chi connectivity index (χ1n) is 10.1. The van der Waals surface area contributed by atoms with Crippen LogP contribution >= 0.6 is 0 Å². The smallest absolute Gasteiger partial charge is 0.232 e. The van der Waals surface area contributed by atoms with Gasteiger partial charge in [-0.15, -0.1) is 0 Å². The molecule has 1 amide bonds. The van der Waals surface area contributed by atoms with Crippen LogP contribution in [0.25, 0.3) is 0 Å². The molecule has 1 N–H and O–H groups in total. The molecule has 0 saturated carbocycles. The zero-order valence-corrected chi connectivity index (χ0v) is 19.0. The predicted molar refractivity (Wildman–Crippen MR) is 121 cm³/mol. The number of carbonyl (C=O) groups excluding carboxylic acids is 1. The lowest BCUT2D eigenvalue weighted by Crippen LogP contribution is -2.33. The van der Waals surface area contributed by atoms with Crippen molar-refractivity contribution in [2.24, 2.45) is 0 Å². The van der Waals surface area contributed by atoms with Crippen molar-refractivity contribution in [2.75, 3.05) is 44.0 Å². The van der Waals surface area contributed by atoms with E-state index < -0.39 is 10.0 Å². The third-order valence-corrected chi connectivity index (χ3v) is 5.53. The highest BCUT2D eigenvalue weighted by atomic mass is 32.2. The fourth-order valence-corrected chi connectivity index (χ4v) is 3.88. The molecule has 0 aliphatic heterocycles. The average Bonchev–Trinajstić information content (AvgIpc) is 2.75. The van der Waals surface area contributed by atoms with Gasteiger partial charge in [-0.1, -0.05) is 12.1 Å². The van der Waals surface area contributed by atoms with Crippen molar-refractivity contribution < 1.29 is 27.4 Å². The standard InChI is InChI=1S/C22H30N2O6S/c1-4-29-21-9-6-5-8-20(21)24(31(3,26)27)16-7-10-22(25)23-15-17-30-19-13-11-18(28-2)12-14-19/h5-6,8-9,11-14H,4,7,10,15-17H2,1-3H3,(H,23,25). The van der Waals surface area contributed by atoms with Crippen molar-refractivity contribution in [3.8, 4) is 17.2 Å². The number of hydrogen-bond acceptors (Lipinski definition) is 6. The maximum Gasteiger partial charge on any atom is 0.232 e. The van der Waals surface area contributed by atoms with Gasteiger partial charge in [-0.3, -0.25) is 9.10 Å². The van der Waals surface area contributed by atoms with E-state index >= 15 is 0 Å². The molecule has 0 spiro atoms. The van der Waals surface area contributed by atoms with Crippen molar-refractivity contribution in [2.45, 2.75) is 19.8 Å². The maximum atomic E-state index is 12.3. The molecule has 0 aromatic heterocycles. The largest absolute Gasteiger partial charge is 0.497 e. The fourth-order valence-electron chi connectivity index (χ4n) is 2.91. The van der Waals surface area contributed by atoms with E-state index in [-0.39, 0.29) is 18.9 Å². The van der Waals surface area contributed by atoms with Crippen LogP contribution in [0.2, 0.25) is 0 Å². The second kappa shape index (κ2) is 12.0. The van der Waals surface area contributed by atoms with Gasteiger partial charge in [0, 0.05) is 13.0 Å². The van der Waals surface area contributed by atoms with Crippen molar-refractivity contribution in [1.29, 1.82) is 0 Å². The summed E-state index contributed by atoms with van der Waals surface area (Å²) in [6, 6.07) is 14.1. The SMILES string of the molecule is CCOc1ccccc1N(CCCC(=O)NCCOc1ccc(OC)cc1)S(C)(=O)=O. The van der Waals surface area contributed by atoms with Crippen molar-refractivity contribution in [3.05, 3.63) is 48.5 Å². The summed E-state index contributed by atoms with van der Waals surface area (Å²) in [4.78, 5) is 12.1. The zero-order chi connectivity index (χ0) is 22.7. The number of amides is 1. The number of methoxy groups -OCH3 is 1. The van der Waals surface area contributed by atoms with E-state index in [1.807, 2.05) is 6.92 Å². The van der Waals surface area contributed by atoms with Gasteiger partial charge in [0.25, 0.3) is 0 Å². The van der Waals surface area contributed by atoms with Crippen LogP contribution in [0.15, 0.2) is 48.5 Å². The first kappa shape index (κ1) is 24.3. The minimum Gasteiger partial charge on any atom is -0.497 e. The lowest BCUT2D eigenvalue weighted by molar-refractivity contribution is -0.121. The summed E-state index contributed by atoms with van der Waals surface area (Å²) in [5.41, 5.74) is 0.472. The van der Waals surface area contributed by atoms with Crippen molar-refractivity contribution in [1.82, 2.24) is 5.32 Å². The Hall–Kier alpha value is -2.94. The maximum absolute atomic E-state index is 12.3. The van der Waals surface area contributed by atoms with E-state index in [1.54, 1.807) is 55.6 Å². The van der Waals surface area contributed by atoms with E-state index in [2.05, 4.69) is 5.32 Å². The average molecular weight is 451 g/mol. The minimum atomic E-state index is -3.52. The molecule has 8 nitrogen and oxygen atoms in total. The lowest BCUT2D eigenvalue weighted by atomic mass is 10.2. The summed E-state index contributed by atoms with van der Waals surface area (Å²) < 4.78 is 42.1. The van der Waals surface area contributed by atoms with E-state index in [9.17, 15) is 13.2 Å². The Bertz CT molecular complexity index is 931. The minimum absolute atomic E-state index is 0.162. The highest BCUT2D eigenvalue weighted by molar-refractivity contribution is 7.92. The van der Waals surface area contributed by atoms with E-state index in [0.717, 1.165) is 12.0 Å². The van der Waals surface area contributed by atoms with Gasteiger partial charge in [-0.2, -0.15) is 0 Å². The molecular weight excluding hydrogens is 420 g/mol. The van der Waals surface area contributed by atoms with Crippen LogP contribution in [0.3, 0.4) is 0 Å². The molecule has 0 atom stereocenters.